The number of rotatable bonds is 6. The van der Waals surface area contributed by atoms with Crippen LogP contribution < -0.4 is 15.0 Å². The van der Waals surface area contributed by atoms with Crippen molar-refractivity contribution in [2.24, 2.45) is 0 Å². The predicted octanol–water partition coefficient (Wildman–Crippen LogP) is 6.42. The molecule has 1 aliphatic rings. The van der Waals surface area contributed by atoms with E-state index in [1.165, 1.54) is 16.7 Å². The summed E-state index contributed by atoms with van der Waals surface area (Å²) in [6, 6.07) is 21.2. The molecule has 166 valence electrons. The van der Waals surface area contributed by atoms with E-state index >= 15 is 0 Å². The molecule has 1 heterocycles. The normalized spacial score (nSPS) is 14.6. The molecule has 1 N–H and O–H groups in total. The second-order valence-electron chi connectivity index (χ2n) is 6.89. The van der Waals surface area contributed by atoms with Crippen LogP contribution in [0.1, 0.15) is 5.56 Å². The molecular weight excluding hydrogens is 499 g/mol. The highest BCUT2D eigenvalue weighted by molar-refractivity contribution is 8.27. The van der Waals surface area contributed by atoms with E-state index in [1.807, 2.05) is 36.4 Å². The lowest BCUT2D eigenvalue weighted by atomic mass is 10.2. The first-order chi connectivity index (χ1) is 15.9. The summed E-state index contributed by atoms with van der Waals surface area (Å²) < 4.78 is 6.08. The Labute approximate surface area is 210 Å². The van der Waals surface area contributed by atoms with E-state index in [0.29, 0.717) is 30.7 Å². The number of nitrogens with zero attached hydrogens (tertiary/aromatic N) is 1. The highest BCUT2D eigenvalue weighted by Crippen LogP contribution is 2.36. The maximum Gasteiger partial charge on any atom is 0.270 e. The minimum atomic E-state index is -0.367. The lowest BCUT2D eigenvalue weighted by Crippen LogP contribution is -2.27. The van der Waals surface area contributed by atoms with Crippen LogP contribution in [0, 0.1) is 0 Å². The van der Waals surface area contributed by atoms with Gasteiger partial charge in [-0.15, -0.1) is 0 Å². The molecule has 3 aromatic carbocycles. The van der Waals surface area contributed by atoms with Crippen molar-refractivity contribution in [3.05, 3.63) is 93.3 Å². The van der Waals surface area contributed by atoms with E-state index in [1.54, 1.807) is 42.5 Å². The van der Waals surface area contributed by atoms with Gasteiger partial charge in [0.15, 0.2) is 10.9 Å². The van der Waals surface area contributed by atoms with Gasteiger partial charge in [0.1, 0.15) is 5.75 Å². The maximum absolute atomic E-state index is 12.9. The van der Waals surface area contributed by atoms with Crippen molar-refractivity contribution in [3.63, 3.8) is 0 Å². The van der Waals surface area contributed by atoms with E-state index < -0.39 is 0 Å². The molecule has 9 heteroatoms. The number of ether oxygens (including phenoxy) is 1. The summed E-state index contributed by atoms with van der Waals surface area (Å²) in [7, 11) is 0. The van der Waals surface area contributed by atoms with Gasteiger partial charge >= 0.3 is 0 Å². The Morgan fingerprint density at radius 1 is 1.06 bits per heavy atom. The van der Waals surface area contributed by atoms with Gasteiger partial charge in [0.25, 0.3) is 11.8 Å². The number of thioether (sulfide) groups is 1. The fraction of sp³-hybridized carbons (Fsp3) is 0.0417. The Kier molecular flexibility index (Phi) is 7.35. The molecule has 1 aliphatic heterocycles. The zero-order valence-electron chi connectivity index (χ0n) is 17.0. The third-order valence-corrected chi connectivity index (χ3v) is 6.39. The monoisotopic (exact) mass is 514 g/mol. The van der Waals surface area contributed by atoms with Gasteiger partial charge in [-0.3, -0.25) is 14.5 Å². The van der Waals surface area contributed by atoms with E-state index in [2.05, 4.69) is 5.32 Å². The highest BCUT2D eigenvalue weighted by Gasteiger charge is 2.33. The van der Waals surface area contributed by atoms with Crippen LogP contribution in [0.4, 0.5) is 11.4 Å². The first-order valence-electron chi connectivity index (χ1n) is 9.71. The predicted molar refractivity (Wildman–Crippen MR) is 139 cm³/mol. The Morgan fingerprint density at radius 3 is 2.61 bits per heavy atom. The van der Waals surface area contributed by atoms with Gasteiger partial charge in [0.2, 0.25) is 0 Å². The molecule has 1 fully saturated rings. The summed E-state index contributed by atoms with van der Waals surface area (Å²) in [6.45, 7) is -0.210. The molecular formula is C24H16Cl2N2O3S2. The average molecular weight is 515 g/mol. The van der Waals surface area contributed by atoms with Crippen molar-refractivity contribution in [2.45, 2.75) is 0 Å². The molecule has 33 heavy (non-hydrogen) atoms. The zero-order valence-corrected chi connectivity index (χ0v) is 20.1. The summed E-state index contributed by atoms with van der Waals surface area (Å²) >= 11 is 18.6. The third-order valence-electron chi connectivity index (χ3n) is 4.54. The number of hydrogen-bond donors (Lipinski definition) is 1. The fourth-order valence-corrected chi connectivity index (χ4v) is 4.79. The number of hydrogen-bond acceptors (Lipinski definition) is 5. The summed E-state index contributed by atoms with van der Waals surface area (Å²) in [5.74, 6) is -0.0604. The number of anilines is 2. The minimum Gasteiger partial charge on any atom is -0.484 e. The quantitative estimate of drug-likeness (QED) is 0.304. The van der Waals surface area contributed by atoms with Gasteiger partial charge in [-0.25, -0.2) is 0 Å². The van der Waals surface area contributed by atoms with Gasteiger partial charge in [0.05, 0.1) is 21.3 Å². The lowest BCUT2D eigenvalue weighted by molar-refractivity contribution is -0.118. The van der Waals surface area contributed by atoms with E-state index in [9.17, 15) is 9.59 Å². The molecule has 0 bridgehead atoms. The van der Waals surface area contributed by atoms with Crippen LogP contribution in [-0.2, 0) is 9.59 Å². The number of carbonyl (C=O) groups is 2. The van der Waals surface area contributed by atoms with Crippen LogP contribution in [-0.4, -0.2) is 22.7 Å². The second kappa shape index (κ2) is 10.4. The van der Waals surface area contributed by atoms with Crippen molar-refractivity contribution in [2.75, 3.05) is 16.8 Å². The Hall–Kier alpha value is -2.84. The molecule has 5 nitrogen and oxygen atoms in total. The molecule has 0 spiro atoms. The van der Waals surface area contributed by atoms with Crippen molar-refractivity contribution in [3.8, 4) is 5.75 Å². The van der Waals surface area contributed by atoms with Crippen LogP contribution in [0.25, 0.3) is 6.08 Å². The maximum atomic E-state index is 12.9. The van der Waals surface area contributed by atoms with Crippen LogP contribution in [0.2, 0.25) is 10.0 Å². The van der Waals surface area contributed by atoms with Crippen molar-refractivity contribution in [1.82, 2.24) is 0 Å². The van der Waals surface area contributed by atoms with E-state index in [-0.39, 0.29) is 18.4 Å². The van der Waals surface area contributed by atoms with Gasteiger partial charge in [0, 0.05) is 5.02 Å². The highest BCUT2D eigenvalue weighted by atomic mass is 35.5. The topological polar surface area (TPSA) is 58.6 Å². The van der Waals surface area contributed by atoms with Gasteiger partial charge in [-0.2, -0.15) is 0 Å². The lowest BCUT2D eigenvalue weighted by Gasteiger charge is -2.13. The number of benzene rings is 3. The minimum absolute atomic E-state index is 0.179. The van der Waals surface area contributed by atoms with Crippen LogP contribution in [0.5, 0.6) is 5.75 Å². The second-order valence-corrected chi connectivity index (χ2v) is 9.41. The van der Waals surface area contributed by atoms with Gasteiger partial charge < -0.3 is 10.1 Å². The molecule has 0 radical (unpaired) electrons. The first kappa shape index (κ1) is 23.3. The molecule has 0 atom stereocenters. The number of carbonyl (C=O) groups excluding carboxylic acids is 2. The third kappa shape index (κ3) is 5.75. The van der Waals surface area contributed by atoms with Gasteiger partial charge in [-0.05, 0) is 54.1 Å². The van der Waals surface area contributed by atoms with Crippen molar-refractivity contribution >= 4 is 80.8 Å². The Balaban J connectivity index is 1.42. The van der Waals surface area contributed by atoms with Crippen molar-refractivity contribution < 1.29 is 14.3 Å². The largest absolute Gasteiger partial charge is 0.484 e. The Morgan fingerprint density at radius 2 is 1.85 bits per heavy atom. The number of para-hydroxylation sites is 1. The standard InChI is InChI=1S/C24H16Cl2N2O3S2/c25-16-9-10-20(19(26)13-16)27-22(29)14-31-18-8-4-5-15(11-18)12-21-23(30)28(24(32)33-21)17-6-2-1-3-7-17/h1-13H,14H2,(H,27,29)/b21-12-. The summed E-state index contributed by atoms with van der Waals surface area (Å²) in [5, 5.41) is 3.49. The van der Waals surface area contributed by atoms with Gasteiger partial charge in [-0.1, -0.05) is 77.5 Å². The molecule has 1 saturated heterocycles. The molecule has 4 rings (SSSR count). The average Bonchev–Trinajstić information content (AvgIpc) is 3.08. The summed E-state index contributed by atoms with van der Waals surface area (Å²) in [5.41, 5.74) is 1.93. The molecule has 0 aromatic heterocycles. The first-order valence-corrected chi connectivity index (χ1v) is 11.7. The van der Waals surface area contributed by atoms with E-state index in [0.717, 1.165) is 11.3 Å². The van der Waals surface area contributed by atoms with Crippen LogP contribution >= 0.6 is 47.2 Å². The number of thiocarbonyl (C=S) groups is 1. The molecule has 0 aliphatic carbocycles. The molecule has 0 saturated carbocycles. The van der Waals surface area contributed by atoms with E-state index in [4.69, 9.17) is 40.2 Å². The molecule has 2 amide bonds. The SMILES string of the molecule is O=C(COc1cccc(/C=C2\SC(=S)N(c3ccccc3)C2=O)c1)Nc1ccc(Cl)cc1Cl. The smallest absolute Gasteiger partial charge is 0.270 e. The summed E-state index contributed by atoms with van der Waals surface area (Å²) in [4.78, 5) is 27.1. The fourth-order valence-electron chi connectivity index (χ4n) is 3.04. The number of nitrogens with one attached hydrogen (secondary N) is 1. The summed E-state index contributed by atoms with van der Waals surface area (Å²) in [6.07, 6.45) is 1.75. The van der Waals surface area contributed by atoms with Crippen molar-refractivity contribution in [1.29, 1.82) is 0 Å². The number of amides is 2. The molecule has 3 aromatic rings. The Bertz CT molecular complexity index is 1270. The molecule has 0 unspecified atom stereocenters. The van der Waals surface area contributed by atoms with Crippen LogP contribution in [0.15, 0.2) is 77.7 Å². The number of halogens is 2. The van der Waals surface area contributed by atoms with Crippen LogP contribution in [0.3, 0.4) is 0 Å². The zero-order chi connectivity index (χ0) is 23.4.